The molecule has 1 unspecified atom stereocenters. The van der Waals surface area contributed by atoms with E-state index < -0.39 is 0 Å². The van der Waals surface area contributed by atoms with Crippen LogP contribution in [0.1, 0.15) is 29.5 Å². The summed E-state index contributed by atoms with van der Waals surface area (Å²) in [7, 11) is 1.72. The van der Waals surface area contributed by atoms with Gasteiger partial charge in [0.05, 0.1) is 7.11 Å². The van der Waals surface area contributed by atoms with Gasteiger partial charge in [-0.15, -0.1) is 0 Å². The third-order valence-corrected chi connectivity index (χ3v) is 5.77. The van der Waals surface area contributed by atoms with Gasteiger partial charge in [0.15, 0.2) is 0 Å². The van der Waals surface area contributed by atoms with Crippen LogP contribution in [-0.2, 0) is 13.0 Å². The van der Waals surface area contributed by atoms with Gasteiger partial charge in [-0.05, 0) is 55.5 Å². The molecule has 0 bridgehead atoms. The molecule has 1 saturated heterocycles. The molecule has 0 aromatic heterocycles. The number of ether oxygens (including phenoxy) is 1. The zero-order chi connectivity index (χ0) is 19.8. The van der Waals surface area contributed by atoms with Gasteiger partial charge < -0.3 is 9.84 Å². The van der Waals surface area contributed by atoms with Gasteiger partial charge in [-0.25, -0.2) is 0 Å². The average Bonchev–Trinajstić information content (AvgIpc) is 2.71. The minimum absolute atomic E-state index is 0.259. The van der Waals surface area contributed by atoms with E-state index in [0.29, 0.717) is 6.04 Å². The summed E-state index contributed by atoms with van der Waals surface area (Å²) in [5, 5.41) is 9.55. The van der Waals surface area contributed by atoms with Crippen molar-refractivity contribution in [3.05, 3.63) is 65.2 Å². The van der Waals surface area contributed by atoms with E-state index in [-0.39, 0.29) is 6.61 Å². The van der Waals surface area contributed by atoms with Gasteiger partial charge in [-0.3, -0.25) is 9.80 Å². The van der Waals surface area contributed by atoms with Crippen molar-refractivity contribution in [2.24, 2.45) is 0 Å². The van der Waals surface area contributed by atoms with E-state index in [0.717, 1.165) is 51.3 Å². The second-order valence-corrected chi connectivity index (χ2v) is 7.83. The molecule has 2 aromatic carbocycles. The number of rotatable bonds is 9. The van der Waals surface area contributed by atoms with Gasteiger partial charge in [-0.1, -0.05) is 42.5 Å². The maximum absolute atomic E-state index is 9.55. The van der Waals surface area contributed by atoms with Crippen LogP contribution in [0.15, 0.2) is 48.5 Å². The second-order valence-electron chi connectivity index (χ2n) is 7.83. The van der Waals surface area contributed by atoms with Crippen LogP contribution in [0.3, 0.4) is 0 Å². The molecule has 3 rings (SSSR count). The molecule has 0 aliphatic carbocycles. The Hall–Kier alpha value is -1.88. The Labute approximate surface area is 169 Å². The number of hydrogen-bond donors (Lipinski definition) is 1. The van der Waals surface area contributed by atoms with Crippen molar-refractivity contribution in [1.82, 2.24) is 9.80 Å². The van der Waals surface area contributed by atoms with Crippen molar-refractivity contribution in [2.75, 3.05) is 39.9 Å². The van der Waals surface area contributed by atoms with E-state index in [2.05, 4.69) is 65.3 Å². The van der Waals surface area contributed by atoms with Crippen molar-refractivity contribution >= 4 is 0 Å². The molecule has 4 nitrogen and oxygen atoms in total. The molecule has 1 aliphatic heterocycles. The highest BCUT2D eigenvalue weighted by atomic mass is 16.5. The quantitative estimate of drug-likeness (QED) is 0.720. The molecule has 0 amide bonds. The highest BCUT2D eigenvalue weighted by Gasteiger charge is 2.26. The largest absolute Gasteiger partial charge is 0.496 e. The Morgan fingerprint density at radius 3 is 2.61 bits per heavy atom. The summed E-state index contributed by atoms with van der Waals surface area (Å²) in [6.07, 6.45) is 3.14. The standard InChI is InChI=1S/C24H34N2O2/c1-20-17-22(10-11-24(20)28-2)18-25-14-15-26(23(19-25)12-16-27)13-6-9-21-7-4-3-5-8-21/h3-5,7-8,10-11,17,23,27H,6,9,12-16,18-19H2,1-2H3. The molecule has 1 aliphatic rings. The van der Waals surface area contributed by atoms with Crippen molar-refractivity contribution in [3.63, 3.8) is 0 Å². The zero-order valence-electron chi connectivity index (χ0n) is 17.3. The number of aliphatic hydroxyl groups is 1. The van der Waals surface area contributed by atoms with E-state index in [1.54, 1.807) is 7.11 Å². The van der Waals surface area contributed by atoms with Crippen LogP contribution in [0.2, 0.25) is 0 Å². The number of benzene rings is 2. The van der Waals surface area contributed by atoms with Crippen LogP contribution in [-0.4, -0.2) is 60.8 Å². The van der Waals surface area contributed by atoms with Gasteiger partial charge in [0.25, 0.3) is 0 Å². The number of piperazine rings is 1. The second kappa shape index (κ2) is 10.6. The molecule has 4 heteroatoms. The summed E-state index contributed by atoms with van der Waals surface area (Å²) in [6.45, 7) is 7.61. The van der Waals surface area contributed by atoms with Crippen LogP contribution in [0.4, 0.5) is 0 Å². The molecular weight excluding hydrogens is 348 g/mol. The SMILES string of the molecule is COc1ccc(CN2CCN(CCCc3ccccc3)C(CCO)C2)cc1C. The van der Waals surface area contributed by atoms with E-state index in [9.17, 15) is 5.11 Å². The lowest BCUT2D eigenvalue weighted by Crippen LogP contribution is -2.53. The predicted molar refractivity (Wildman–Crippen MR) is 115 cm³/mol. The molecule has 1 atom stereocenters. The number of nitrogens with zero attached hydrogens (tertiary/aromatic N) is 2. The first-order valence-corrected chi connectivity index (χ1v) is 10.4. The van der Waals surface area contributed by atoms with Crippen LogP contribution in [0.25, 0.3) is 0 Å². The smallest absolute Gasteiger partial charge is 0.121 e. The Kier molecular flexibility index (Phi) is 7.90. The van der Waals surface area contributed by atoms with Crippen LogP contribution >= 0.6 is 0 Å². The minimum atomic E-state index is 0.259. The summed E-state index contributed by atoms with van der Waals surface area (Å²) < 4.78 is 5.37. The fourth-order valence-electron chi connectivity index (χ4n) is 4.25. The molecule has 0 spiro atoms. The van der Waals surface area contributed by atoms with Crippen molar-refractivity contribution in [1.29, 1.82) is 0 Å². The zero-order valence-corrected chi connectivity index (χ0v) is 17.3. The molecular formula is C24H34N2O2. The average molecular weight is 383 g/mol. The van der Waals surface area contributed by atoms with Gasteiger partial charge >= 0.3 is 0 Å². The van der Waals surface area contributed by atoms with E-state index in [1.807, 2.05) is 0 Å². The number of aryl methyl sites for hydroxylation is 2. The predicted octanol–water partition coefficient (Wildman–Crippen LogP) is 3.51. The Morgan fingerprint density at radius 1 is 1.07 bits per heavy atom. The molecule has 1 fully saturated rings. The highest BCUT2D eigenvalue weighted by Crippen LogP contribution is 2.21. The van der Waals surface area contributed by atoms with Crippen molar-refractivity contribution in [3.8, 4) is 5.75 Å². The summed E-state index contributed by atoms with van der Waals surface area (Å²) >= 11 is 0. The Balaban J connectivity index is 1.52. The molecule has 0 radical (unpaired) electrons. The lowest BCUT2D eigenvalue weighted by atomic mass is 10.0. The molecule has 2 aromatic rings. The third-order valence-electron chi connectivity index (χ3n) is 5.77. The lowest BCUT2D eigenvalue weighted by molar-refractivity contribution is 0.0547. The first kappa shape index (κ1) is 20.8. The number of aliphatic hydroxyl groups excluding tert-OH is 1. The van der Waals surface area contributed by atoms with Gasteiger partial charge in [0.2, 0.25) is 0 Å². The fourth-order valence-corrected chi connectivity index (χ4v) is 4.25. The molecule has 1 heterocycles. The van der Waals surface area contributed by atoms with Crippen molar-refractivity contribution in [2.45, 2.75) is 38.8 Å². The number of hydrogen-bond acceptors (Lipinski definition) is 4. The molecule has 1 N–H and O–H groups in total. The summed E-state index contributed by atoms with van der Waals surface area (Å²) in [4.78, 5) is 5.10. The van der Waals surface area contributed by atoms with E-state index in [1.165, 1.54) is 23.1 Å². The maximum Gasteiger partial charge on any atom is 0.121 e. The summed E-state index contributed by atoms with van der Waals surface area (Å²) in [5.41, 5.74) is 3.93. The van der Waals surface area contributed by atoms with E-state index in [4.69, 9.17) is 4.74 Å². The minimum Gasteiger partial charge on any atom is -0.496 e. The maximum atomic E-state index is 9.55. The molecule has 0 saturated carbocycles. The highest BCUT2D eigenvalue weighted by molar-refractivity contribution is 5.36. The summed E-state index contributed by atoms with van der Waals surface area (Å²) in [5.74, 6) is 0.949. The van der Waals surface area contributed by atoms with Crippen LogP contribution in [0, 0.1) is 6.92 Å². The van der Waals surface area contributed by atoms with Gasteiger partial charge in [0.1, 0.15) is 5.75 Å². The normalized spacial score (nSPS) is 18.3. The lowest BCUT2D eigenvalue weighted by Gasteiger charge is -2.41. The first-order chi connectivity index (χ1) is 13.7. The topological polar surface area (TPSA) is 35.9 Å². The Bertz CT molecular complexity index is 720. The first-order valence-electron chi connectivity index (χ1n) is 10.4. The monoisotopic (exact) mass is 382 g/mol. The van der Waals surface area contributed by atoms with Crippen LogP contribution in [0.5, 0.6) is 5.75 Å². The number of methoxy groups -OCH3 is 1. The Morgan fingerprint density at radius 2 is 1.89 bits per heavy atom. The fraction of sp³-hybridized carbons (Fsp3) is 0.500. The van der Waals surface area contributed by atoms with Gasteiger partial charge in [0, 0.05) is 38.8 Å². The van der Waals surface area contributed by atoms with E-state index >= 15 is 0 Å². The third kappa shape index (κ3) is 5.81. The summed E-state index contributed by atoms with van der Waals surface area (Å²) in [6, 6.07) is 17.6. The van der Waals surface area contributed by atoms with Crippen LogP contribution < -0.4 is 4.74 Å². The molecule has 152 valence electrons. The van der Waals surface area contributed by atoms with Crippen molar-refractivity contribution < 1.29 is 9.84 Å². The molecule has 28 heavy (non-hydrogen) atoms. The van der Waals surface area contributed by atoms with Gasteiger partial charge in [-0.2, -0.15) is 0 Å².